The first-order valence-corrected chi connectivity index (χ1v) is 8.26. The molecule has 1 aromatic heterocycles. The molecule has 0 saturated heterocycles. The summed E-state index contributed by atoms with van der Waals surface area (Å²) in [5.41, 5.74) is 7.63. The number of nitrogens with two attached hydrogens (primary N) is 1. The Morgan fingerprint density at radius 1 is 1.38 bits per heavy atom. The molecule has 3 N–H and O–H groups in total. The molecule has 1 aromatic carbocycles. The van der Waals surface area contributed by atoms with Gasteiger partial charge in [0, 0.05) is 11.4 Å². The van der Waals surface area contributed by atoms with Crippen LogP contribution in [0, 0.1) is 0 Å². The molecule has 2 aromatic rings. The normalized spacial score (nSPS) is 10.4. The predicted molar refractivity (Wildman–Crippen MR) is 91.0 cm³/mol. The Labute approximate surface area is 136 Å². The van der Waals surface area contributed by atoms with Crippen molar-refractivity contribution in [3.8, 4) is 0 Å². The van der Waals surface area contributed by atoms with E-state index in [1.54, 1.807) is 30.4 Å². The van der Waals surface area contributed by atoms with E-state index in [2.05, 4.69) is 27.3 Å². The van der Waals surface area contributed by atoms with Crippen LogP contribution >= 0.6 is 27.3 Å². The van der Waals surface area contributed by atoms with E-state index in [-0.39, 0.29) is 5.97 Å². The number of carbonyl (C=O) groups excluding carboxylic acids is 1. The van der Waals surface area contributed by atoms with Crippen LogP contribution in [0.2, 0.25) is 0 Å². The topological polar surface area (TPSA) is 64.3 Å². The summed E-state index contributed by atoms with van der Waals surface area (Å²) in [6.07, 6.45) is 0.902. The molecule has 0 aliphatic heterocycles. The smallest absolute Gasteiger partial charge is 0.340 e. The van der Waals surface area contributed by atoms with E-state index in [9.17, 15) is 4.79 Å². The summed E-state index contributed by atoms with van der Waals surface area (Å²) in [5, 5.41) is 3.27. The van der Waals surface area contributed by atoms with Crippen LogP contribution in [0.4, 0.5) is 11.4 Å². The fourth-order valence-electron chi connectivity index (χ4n) is 1.91. The first-order valence-electron chi connectivity index (χ1n) is 6.65. The molecule has 0 bridgehead atoms. The van der Waals surface area contributed by atoms with Gasteiger partial charge in [-0.25, -0.2) is 4.79 Å². The van der Waals surface area contributed by atoms with Crippen LogP contribution in [0.15, 0.2) is 34.1 Å². The fraction of sp³-hybridized carbons (Fsp3) is 0.267. The largest absolute Gasteiger partial charge is 0.462 e. The number of anilines is 2. The van der Waals surface area contributed by atoms with Gasteiger partial charge in [-0.3, -0.25) is 0 Å². The van der Waals surface area contributed by atoms with Crippen molar-refractivity contribution < 1.29 is 9.53 Å². The zero-order chi connectivity index (χ0) is 15.2. The molecule has 0 saturated carbocycles. The van der Waals surface area contributed by atoms with Gasteiger partial charge in [0.1, 0.15) is 0 Å². The molecule has 0 aliphatic rings. The highest BCUT2D eigenvalue weighted by atomic mass is 79.9. The predicted octanol–water partition coefficient (Wildman–Crippen LogP) is 3.92. The minimum Gasteiger partial charge on any atom is -0.462 e. The lowest BCUT2D eigenvalue weighted by Gasteiger charge is -2.12. The van der Waals surface area contributed by atoms with Gasteiger partial charge in [-0.2, -0.15) is 0 Å². The van der Waals surface area contributed by atoms with E-state index in [0.29, 0.717) is 17.9 Å². The van der Waals surface area contributed by atoms with E-state index in [4.69, 9.17) is 10.5 Å². The molecular formula is C15H17BrN2O2S. The number of para-hydroxylation sites is 1. The molecule has 0 unspecified atom stereocenters. The van der Waals surface area contributed by atoms with E-state index >= 15 is 0 Å². The van der Waals surface area contributed by atoms with Crippen molar-refractivity contribution in [2.75, 3.05) is 24.2 Å². The number of ether oxygens (including phenoxy) is 1. The van der Waals surface area contributed by atoms with Crippen molar-refractivity contribution in [3.05, 3.63) is 44.6 Å². The average Bonchev–Trinajstić information content (AvgIpc) is 2.86. The van der Waals surface area contributed by atoms with E-state index in [1.165, 1.54) is 4.88 Å². The second-order valence-electron chi connectivity index (χ2n) is 4.37. The fourth-order valence-corrected chi connectivity index (χ4v) is 3.40. The molecule has 0 aliphatic carbocycles. The van der Waals surface area contributed by atoms with Gasteiger partial charge in [-0.05, 0) is 53.5 Å². The van der Waals surface area contributed by atoms with Crippen molar-refractivity contribution in [3.63, 3.8) is 0 Å². The highest BCUT2D eigenvalue weighted by molar-refractivity contribution is 9.11. The minimum atomic E-state index is -0.388. The van der Waals surface area contributed by atoms with Gasteiger partial charge in [0.05, 0.1) is 27.3 Å². The number of hydrogen-bond donors (Lipinski definition) is 2. The summed E-state index contributed by atoms with van der Waals surface area (Å²) in [6.45, 7) is 2.86. The van der Waals surface area contributed by atoms with Gasteiger partial charge in [-0.1, -0.05) is 6.07 Å². The summed E-state index contributed by atoms with van der Waals surface area (Å²) in [5.74, 6) is -0.388. The maximum atomic E-state index is 11.8. The lowest BCUT2D eigenvalue weighted by Crippen LogP contribution is -2.11. The molecule has 4 nitrogen and oxygen atoms in total. The van der Waals surface area contributed by atoms with Crippen LogP contribution in [0.25, 0.3) is 0 Å². The lowest BCUT2D eigenvalue weighted by molar-refractivity contribution is 0.0527. The van der Waals surface area contributed by atoms with Crippen LogP contribution in [0.5, 0.6) is 0 Å². The zero-order valence-electron chi connectivity index (χ0n) is 11.7. The molecule has 6 heteroatoms. The Kier molecular flexibility index (Phi) is 5.64. The van der Waals surface area contributed by atoms with Crippen LogP contribution in [-0.4, -0.2) is 19.1 Å². The highest BCUT2D eigenvalue weighted by Crippen LogP contribution is 2.25. The average molecular weight is 369 g/mol. The molecule has 2 rings (SSSR count). The van der Waals surface area contributed by atoms with Crippen molar-refractivity contribution in [1.82, 2.24) is 0 Å². The van der Waals surface area contributed by atoms with Gasteiger partial charge in [0.15, 0.2) is 0 Å². The van der Waals surface area contributed by atoms with E-state index in [1.807, 2.05) is 12.1 Å². The van der Waals surface area contributed by atoms with E-state index in [0.717, 1.165) is 22.4 Å². The van der Waals surface area contributed by atoms with Gasteiger partial charge in [0.2, 0.25) is 0 Å². The molecular weight excluding hydrogens is 352 g/mol. The Morgan fingerprint density at radius 3 is 2.86 bits per heavy atom. The summed E-state index contributed by atoms with van der Waals surface area (Å²) in [6, 6.07) is 9.47. The van der Waals surface area contributed by atoms with Crippen LogP contribution in [0.1, 0.15) is 22.2 Å². The number of rotatable bonds is 6. The number of benzene rings is 1. The third-order valence-corrected chi connectivity index (χ3v) is 4.60. The van der Waals surface area contributed by atoms with Crippen molar-refractivity contribution in [2.45, 2.75) is 13.3 Å². The monoisotopic (exact) mass is 368 g/mol. The minimum absolute atomic E-state index is 0.336. The molecule has 0 amide bonds. The zero-order valence-corrected chi connectivity index (χ0v) is 14.1. The molecule has 0 spiro atoms. The van der Waals surface area contributed by atoms with Crippen molar-refractivity contribution in [1.29, 1.82) is 0 Å². The quantitative estimate of drug-likeness (QED) is 0.598. The summed E-state index contributed by atoms with van der Waals surface area (Å²) >= 11 is 5.16. The summed E-state index contributed by atoms with van der Waals surface area (Å²) in [4.78, 5) is 13.1. The number of esters is 1. The molecule has 1 heterocycles. The first-order chi connectivity index (χ1) is 10.1. The molecule has 0 fully saturated rings. The number of carbonyl (C=O) groups is 1. The maximum Gasteiger partial charge on any atom is 0.340 e. The first kappa shape index (κ1) is 15.9. The van der Waals surface area contributed by atoms with Gasteiger partial charge in [0.25, 0.3) is 0 Å². The summed E-state index contributed by atoms with van der Waals surface area (Å²) < 4.78 is 6.12. The Hall–Kier alpha value is -1.53. The molecule has 0 radical (unpaired) electrons. The number of hydrogen-bond acceptors (Lipinski definition) is 5. The number of thiophene rings is 1. The SMILES string of the molecule is CCOC(=O)c1cccc(NCCc2ccc(Br)s2)c1N. The van der Waals surface area contributed by atoms with E-state index < -0.39 is 0 Å². The van der Waals surface area contributed by atoms with Crippen molar-refractivity contribution in [2.24, 2.45) is 0 Å². The molecule has 21 heavy (non-hydrogen) atoms. The standard InChI is InChI=1S/C15H17BrN2O2S/c1-2-20-15(19)11-4-3-5-12(14(11)17)18-9-8-10-6-7-13(16)21-10/h3-7,18H,2,8-9,17H2,1H3. The second-order valence-corrected chi connectivity index (χ2v) is 6.92. The third-order valence-electron chi connectivity index (χ3n) is 2.92. The van der Waals surface area contributed by atoms with Crippen molar-refractivity contribution >= 4 is 44.6 Å². The number of nitrogens with one attached hydrogen (secondary N) is 1. The number of halogens is 1. The number of nitrogen functional groups attached to an aromatic ring is 1. The van der Waals surface area contributed by atoms with Gasteiger partial charge < -0.3 is 15.8 Å². The van der Waals surface area contributed by atoms with Gasteiger partial charge in [-0.15, -0.1) is 11.3 Å². The third kappa shape index (κ3) is 4.22. The Balaban J connectivity index is 2.00. The Morgan fingerprint density at radius 2 is 2.19 bits per heavy atom. The highest BCUT2D eigenvalue weighted by Gasteiger charge is 2.13. The Bertz CT molecular complexity index is 628. The van der Waals surface area contributed by atoms with Crippen LogP contribution < -0.4 is 11.1 Å². The summed E-state index contributed by atoms with van der Waals surface area (Å²) in [7, 11) is 0. The van der Waals surface area contributed by atoms with Crippen LogP contribution in [0.3, 0.4) is 0 Å². The van der Waals surface area contributed by atoms with Crippen LogP contribution in [-0.2, 0) is 11.2 Å². The maximum absolute atomic E-state index is 11.8. The molecule has 112 valence electrons. The lowest BCUT2D eigenvalue weighted by atomic mass is 10.1. The molecule has 0 atom stereocenters. The second kappa shape index (κ2) is 7.47. The van der Waals surface area contributed by atoms with Gasteiger partial charge >= 0.3 is 5.97 Å².